The van der Waals surface area contributed by atoms with Crippen molar-refractivity contribution in [3.63, 3.8) is 0 Å². The normalized spacial score (nSPS) is 22.4. The zero-order valence-electron chi connectivity index (χ0n) is 11.6. The predicted molar refractivity (Wildman–Crippen MR) is 75.3 cm³/mol. The zero-order chi connectivity index (χ0) is 14.0. The van der Waals surface area contributed by atoms with Gasteiger partial charge < -0.3 is 14.4 Å². The quantitative estimate of drug-likeness (QED) is 0.471. The molecule has 0 radical (unpaired) electrons. The van der Waals surface area contributed by atoms with Gasteiger partial charge in [0.25, 0.3) is 0 Å². The third kappa shape index (κ3) is 3.15. The van der Waals surface area contributed by atoms with Crippen LogP contribution in [0.3, 0.4) is 0 Å². The molecule has 0 amide bonds. The van der Waals surface area contributed by atoms with Crippen LogP contribution in [0.1, 0.15) is 27.7 Å². The van der Waals surface area contributed by atoms with Gasteiger partial charge in [-0.3, -0.25) is 0 Å². The fourth-order valence-corrected chi connectivity index (χ4v) is 1.47. The number of aliphatic hydroxyl groups excluding tert-OH is 1. The highest BCUT2D eigenvalue weighted by Crippen LogP contribution is 2.36. The Bertz CT molecular complexity index is 389. The second kappa shape index (κ2) is 5.16. The summed E-state index contributed by atoms with van der Waals surface area (Å²) in [5.41, 5.74) is -0.227. The van der Waals surface area contributed by atoms with Crippen LogP contribution in [-0.2, 0) is 9.31 Å². The summed E-state index contributed by atoms with van der Waals surface area (Å²) >= 11 is 0. The van der Waals surface area contributed by atoms with Crippen molar-refractivity contribution in [3.8, 4) is 0 Å². The van der Waals surface area contributed by atoms with E-state index in [0.717, 1.165) is 0 Å². The molecular weight excluding hydrogens is 227 g/mol. The summed E-state index contributed by atoms with van der Waals surface area (Å²) in [7, 11) is -0.428. The Morgan fingerprint density at radius 1 is 1.17 bits per heavy atom. The molecule has 0 aromatic carbocycles. The van der Waals surface area contributed by atoms with Gasteiger partial charge >= 0.3 is 7.12 Å². The molecule has 0 spiro atoms. The predicted octanol–water partition coefficient (Wildman–Crippen LogP) is 3.36. The number of rotatable bonds is 4. The summed E-state index contributed by atoms with van der Waals surface area (Å²) in [5, 5.41) is 9.55. The molecule has 1 aliphatic heterocycles. The maximum absolute atomic E-state index is 9.55. The van der Waals surface area contributed by atoms with Gasteiger partial charge in [-0.05, 0) is 33.8 Å². The molecule has 1 N–H and O–H groups in total. The van der Waals surface area contributed by atoms with E-state index in [1.807, 2.05) is 27.7 Å². The van der Waals surface area contributed by atoms with Crippen LogP contribution in [-0.4, -0.2) is 23.4 Å². The molecule has 0 unspecified atom stereocenters. The maximum atomic E-state index is 9.55. The number of allylic oxidation sites excluding steroid dienone is 3. The number of hydrogen-bond donors (Lipinski definition) is 1. The molecule has 0 aromatic heterocycles. The van der Waals surface area contributed by atoms with E-state index in [1.54, 1.807) is 12.1 Å². The lowest BCUT2D eigenvalue weighted by Crippen LogP contribution is -2.41. The SMILES string of the molecule is C=C/C=C(/O)C(=C)/C=C/B1OC(C)(C)C(C)(C)O1. The average molecular weight is 248 g/mol. The summed E-state index contributed by atoms with van der Waals surface area (Å²) in [6.45, 7) is 15.2. The van der Waals surface area contributed by atoms with Gasteiger partial charge in [-0.25, -0.2) is 0 Å². The molecule has 1 rings (SSSR count). The van der Waals surface area contributed by atoms with Crippen molar-refractivity contribution in [3.05, 3.63) is 48.7 Å². The number of aliphatic hydroxyl groups is 1. The van der Waals surface area contributed by atoms with E-state index in [-0.39, 0.29) is 17.0 Å². The van der Waals surface area contributed by atoms with Crippen LogP contribution in [0.25, 0.3) is 0 Å². The molecule has 1 aliphatic rings. The second-order valence-electron chi connectivity index (χ2n) is 5.30. The van der Waals surface area contributed by atoms with Gasteiger partial charge in [-0.15, -0.1) is 0 Å². The highest BCUT2D eigenvalue weighted by atomic mass is 16.7. The molecule has 0 bridgehead atoms. The first-order chi connectivity index (χ1) is 8.19. The standard InChI is InChI=1S/C14H21BO3/c1-7-8-12(16)11(2)9-10-15-17-13(3,4)14(5,6)18-15/h7-10,16H,1-2H2,3-6H3/b10-9+,12-8+. The van der Waals surface area contributed by atoms with Crippen molar-refractivity contribution in [1.29, 1.82) is 0 Å². The highest BCUT2D eigenvalue weighted by Gasteiger charge is 2.49. The van der Waals surface area contributed by atoms with E-state index in [0.29, 0.717) is 5.57 Å². The molecule has 1 saturated heterocycles. The minimum absolute atomic E-state index is 0.0813. The van der Waals surface area contributed by atoms with Crippen LogP contribution >= 0.6 is 0 Å². The summed E-state index contributed by atoms with van der Waals surface area (Å²) in [5.74, 6) is 1.82. The largest absolute Gasteiger partial charge is 0.507 e. The maximum Gasteiger partial charge on any atom is 0.487 e. The summed E-state index contributed by atoms with van der Waals surface area (Å²) in [6, 6.07) is 0. The zero-order valence-corrected chi connectivity index (χ0v) is 11.6. The fourth-order valence-electron chi connectivity index (χ4n) is 1.47. The molecule has 0 atom stereocenters. The Morgan fingerprint density at radius 3 is 2.11 bits per heavy atom. The van der Waals surface area contributed by atoms with Crippen molar-refractivity contribution in [2.75, 3.05) is 0 Å². The Kier molecular flexibility index (Phi) is 4.25. The van der Waals surface area contributed by atoms with E-state index in [1.165, 1.54) is 12.2 Å². The lowest BCUT2D eigenvalue weighted by Gasteiger charge is -2.32. The first-order valence-electron chi connectivity index (χ1n) is 5.94. The third-order valence-corrected chi connectivity index (χ3v) is 3.33. The fraction of sp³-hybridized carbons (Fsp3) is 0.429. The highest BCUT2D eigenvalue weighted by molar-refractivity contribution is 6.51. The van der Waals surface area contributed by atoms with Gasteiger partial charge in [0.2, 0.25) is 0 Å². The molecule has 1 fully saturated rings. The van der Waals surface area contributed by atoms with Gasteiger partial charge in [0.15, 0.2) is 0 Å². The molecule has 4 heteroatoms. The molecule has 3 nitrogen and oxygen atoms in total. The minimum atomic E-state index is -0.428. The van der Waals surface area contributed by atoms with Gasteiger partial charge in [0.1, 0.15) is 5.76 Å². The molecular formula is C14H21BO3. The lowest BCUT2D eigenvalue weighted by atomic mass is 9.89. The number of hydrogen-bond acceptors (Lipinski definition) is 3. The molecule has 0 saturated carbocycles. The van der Waals surface area contributed by atoms with E-state index >= 15 is 0 Å². The Hall–Kier alpha value is -1.26. The summed E-state index contributed by atoms with van der Waals surface area (Å²) < 4.78 is 11.6. The van der Waals surface area contributed by atoms with Gasteiger partial charge in [0.05, 0.1) is 11.2 Å². The lowest BCUT2D eigenvalue weighted by molar-refractivity contribution is 0.00578. The molecule has 18 heavy (non-hydrogen) atoms. The topological polar surface area (TPSA) is 38.7 Å². The molecule has 0 aromatic rings. The van der Waals surface area contributed by atoms with Crippen molar-refractivity contribution >= 4 is 7.12 Å². The Morgan fingerprint density at radius 2 is 1.67 bits per heavy atom. The van der Waals surface area contributed by atoms with Crippen LogP contribution in [0.5, 0.6) is 0 Å². The van der Waals surface area contributed by atoms with E-state index in [4.69, 9.17) is 9.31 Å². The molecule has 0 aliphatic carbocycles. The van der Waals surface area contributed by atoms with Crippen LogP contribution in [0.4, 0.5) is 0 Å². The van der Waals surface area contributed by atoms with Gasteiger partial charge in [-0.2, -0.15) is 0 Å². The van der Waals surface area contributed by atoms with E-state index < -0.39 is 7.12 Å². The van der Waals surface area contributed by atoms with Gasteiger partial charge in [-0.1, -0.05) is 31.3 Å². The molecule has 1 heterocycles. The Labute approximate surface area is 110 Å². The van der Waals surface area contributed by atoms with Crippen molar-refractivity contribution in [2.24, 2.45) is 0 Å². The van der Waals surface area contributed by atoms with Crippen LogP contribution < -0.4 is 0 Å². The van der Waals surface area contributed by atoms with E-state index in [9.17, 15) is 5.11 Å². The smallest absolute Gasteiger partial charge is 0.487 e. The summed E-state index contributed by atoms with van der Waals surface area (Å²) in [6.07, 6.45) is 4.66. The van der Waals surface area contributed by atoms with Crippen molar-refractivity contribution in [1.82, 2.24) is 0 Å². The second-order valence-corrected chi connectivity index (χ2v) is 5.30. The van der Waals surface area contributed by atoms with Crippen LogP contribution in [0, 0.1) is 0 Å². The monoisotopic (exact) mass is 248 g/mol. The van der Waals surface area contributed by atoms with Crippen molar-refractivity contribution in [2.45, 2.75) is 38.9 Å². The Balaban J connectivity index is 2.69. The molecule has 98 valence electrons. The van der Waals surface area contributed by atoms with Crippen LogP contribution in [0.15, 0.2) is 48.7 Å². The minimum Gasteiger partial charge on any atom is -0.507 e. The summed E-state index contributed by atoms with van der Waals surface area (Å²) in [4.78, 5) is 0. The van der Waals surface area contributed by atoms with Crippen LogP contribution in [0.2, 0.25) is 0 Å². The first-order valence-corrected chi connectivity index (χ1v) is 5.94. The van der Waals surface area contributed by atoms with Crippen molar-refractivity contribution < 1.29 is 14.4 Å². The van der Waals surface area contributed by atoms with Gasteiger partial charge in [0, 0.05) is 5.57 Å². The third-order valence-electron chi connectivity index (χ3n) is 3.33. The first kappa shape index (κ1) is 14.8. The van der Waals surface area contributed by atoms with E-state index in [2.05, 4.69) is 13.2 Å². The average Bonchev–Trinajstić information content (AvgIpc) is 2.44.